The summed E-state index contributed by atoms with van der Waals surface area (Å²) in [5.41, 5.74) is 1.10. The smallest absolute Gasteiger partial charge is 0.226 e. The molecule has 1 aliphatic carbocycles. The van der Waals surface area contributed by atoms with Crippen molar-refractivity contribution in [2.24, 2.45) is 0 Å². The maximum atomic E-state index is 10.4. The van der Waals surface area contributed by atoms with Crippen LogP contribution in [0.5, 0.6) is 0 Å². The molecular weight excluding hydrogens is 376 g/mol. The molecule has 0 aromatic carbocycles. The predicted molar refractivity (Wildman–Crippen MR) is 108 cm³/mol. The molecule has 0 amide bonds. The quantitative estimate of drug-likeness (QED) is 0.407. The summed E-state index contributed by atoms with van der Waals surface area (Å²) in [6.07, 6.45) is 4.08. The van der Waals surface area contributed by atoms with E-state index < -0.39 is 24.5 Å². The van der Waals surface area contributed by atoms with Gasteiger partial charge in [0.2, 0.25) is 5.95 Å². The first kappa shape index (κ1) is 20.3. The third-order valence-corrected chi connectivity index (χ3v) is 5.72. The van der Waals surface area contributed by atoms with Gasteiger partial charge < -0.3 is 30.7 Å². The number of imidazole rings is 1. The van der Waals surface area contributed by atoms with Crippen LogP contribution < -0.4 is 10.6 Å². The molecule has 10 heteroatoms. The second kappa shape index (κ2) is 8.78. The van der Waals surface area contributed by atoms with Gasteiger partial charge in [0.15, 0.2) is 23.2 Å². The lowest BCUT2D eigenvalue weighted by atomic mass is 10.1. The average Bonchev–Trinajstić information content (AvgIpc) is 3.43. The summed E-state index contributed by atoms with van der Waals surface area (Å²) < 4.78 is 7.27. The van der Waals surface area contributed by atoms with Crippen LogP contribution in [0.1, 0.15) is 51.7 Å². The minimum absolute atomic E-state index is 0.357. The fourth-order valence-corrected chi connectivity index (χ4v) is 4.03. The molecule has 0 unspecified atom stereocenters. The molecule has 5 N–H and O–H groups in total. The number of fused-ring (bicyclic) bond motifs is 1. The van der Waals surface area contributed by atoms with E-state index in [1.807, 2.05) is 0 Å². The zero-order chi connectivity index (χ0) is 20.4. The summed E-state index contributed by atoms with van der Waals surface area (Å²) in [7, 11) is 0. The van der Waals surface area contributed by atoms with Gasteiger partial charge in [-0.1, -0.05) is 26.2 Å². The minimum atomic E-state index is -1.19. The highest BCUT2D eigenvalue weighted by atomic mass is 16.6. The molecule has 29 heavy (non-hydrogen) atoms. The standard InChI is InChI=1S/C19H30N6O4/c1-2-3-8-20-19-23-16(22-11-6-4-5-7-11)13-17(24-19)25(10-21-13)18-15(28)14(27)12(9-26)29-18/h10-12,14-15,18,26-28H,2-9H2,1H3,(H2,20,22,23,24)/t12-,14-,15-,18-/m1/s1. The van der Waals surface area contributed by atoms with Gasteiger partial charge in [0.1, 0.15) is 18.3 Å². The van der Waals surface area contributed by atoms with Crippen LogP contribution in [-0.4, -0.2) is 72.3 Å². The summed E-state index contributed by atoms with van der Waals surface area (Å²) in [5, 5.41) is 36.7. The van der Waals surface area contributed by atoms with Gasteiger partial charge in [-0.05, 0) is 19.3 Å². The van der Waals surface area contributed by atoms with E-state index >= 15 is 0 Å². The van der Waals surface area contributed by atoms with E-state index in [1.165, 1.54) is 19.2 Å². The van der Waals surface area contributed by atoms with E-state index in [2.05, 4.69) is 32.5 Å². The number of anilines is 2. The number of aromatic nitrogens is 4. The first-order valence-electron chi connectivity index (χ1n) is 10.5. The summed E-state index contributed by atoms with van der Waals surface area (Å²) in [4.78, 5) is 13.7. The summed E-state index contributed by atoms with van der Waals surface area (Å²) in [6, 6.07) is 0.357. The van der Waals surface area contributed by atoms with Crippen LogP contribution in [0.25, 0.3) is 11.2 Å². The van der Waals surface area contributed by atoms with Crippen LogP contribution in [-0.2, 0) is 4.74 Å². The van der Waals surface area contributed by atoms with Crippen molar-refractivity contribution >= 4 is 22.9 Å². The lowest BCUT2D eigenvalue weighted by Gasteiger charge is -2.18. The van der Waals surface area contributed by atoms with Gasteiger partial charge in [-0.2, -0.15) is 9.97 Å². The van der Waals surface area contributed by atoms with Gasteiger partial charge >= 0.3 is 0 Å². The molecule has 0 bridgehead atoms. The van der Waals surface area contributed by atoms with Gasteiger partial charge in [-0.25, -0.2) is 4.98 Å². The molecule has 1 saturated heterocycles. The van der Waals surface area contributed by atoms with Crippen molar-refractivity contribution in [3.63, 3.8) is 0 Å². The van der Waals surface area contributed by atoms with Crippen LogP contribution in [0.2, 0.25) is 0 Å². The molecule has 0 radical (unpaired) electrons. The monoisotopic (exact) mass is 406 g/mol. The highest BCUT2D eigenvalue weighted by molar-refractivity contribution is 5.84. The van der Waals surface area contributed by atoms with E-state index in [1.54, 1.807) is 4.57 Å². The molecule has 10 nitrogen and oxygen atoms in total. The number of aliphatic hydroxyl groups excluding tert-OH is 3. The number of unbranched alkanes of at least 4 members (excludes halogenated alkanes) is 1. The molecule has 2 aromatic heterocycles. The fraction of sp³-hybridized carbons (Fsp3) is 0.737. The molecule has 1 aliphatic heterocycles. The number of hydrogen-bond acceptors (Lipinski definition) is 9. The zero-order valence-electron chi connectivity index (χ0n) is 16.7. The third-order valence-electron chi connectivity index (χ3n) is 5.72. The Morgan fingerprint density at radius 1 is 1.21 bits per heavy atom. The first-order chi connectivity index (χ1) is 14.1. The second-order valence-electron chi connectivity index (χ2n) is 7.85. The first-order valence-corrected chi connectivity index (χ1v) is 10.5. The number of ether oxygens (including phenoxy) is 1. The normalized spacial score (nSPS) is 27.7. The van der Waals surface area contributed by atoms with E-state index in [0.717, 1.165) is 32.2 Å². The van der Waals surface area contributed by atoms with Gasteiger partial charge in [0.05, 0.1) is 12.9 Å². The van der Waals surface area contributed by atoms with E-state index in [-0.39, 0.29) is 6.61 Å². The summed E-state index contributed by atoms with van der Waals surface area (Å²) in [5.74, 6) is 1.14. The van der Waals surface area contributed by atoms with Crippen molar-refractivity contribution in [2.45, 2.75) is 76.0 Å². The van der Waals surface area contributed by atoms with Gasteiger partial charge in [-0.3, -0.25) is 4.57 Å². The molecule has 2 aromatic rings. The van der Waals surface area contributed by atoms with Crippen molar-refractivity contribution in [2.75, 3.05) is 23.8 Å². The van der Waals surface area contributed by atoms with E-state index in [0.29, 0.717) is 29.0 Å². The van der Waals surface area contributed by atoms with Gasteiger partial charge in [-0.15, -0.1) is 0 Å². The van der Waals surface area contributed by atoms with Crippen LogP contribution in [0, 0.1) is 0 Å². The molecule has 4 atom stereocenters. The lowest BCUT2D eigenvalue weighted by Crippen LogP contribution is -2.33. The van der Waals surface area contributed by atoms with Gasteiger partial charge in [0, 0.05) is 12.6 Å². The Bertz CT molecular complexity index is 824. The van der Waals surface area contributed by atoms with Gasteiger partial charge in [0.25, 0.3) is 0 Å². The maximum Gasteiger partial charge on any atom is 0.226 e. The van der Waals surface area contributed by atoms with Crippen LogP contribution >= 0.6 is 0 Å². The molecule has 160 valence electrons. The molecule has 1 saturated carbocycles. The number of nitrogens with zero attached hydrogens (tertiary/aromatic N) is 4. The highest BCUT2D eigenvalue weighted by Crippen LogP contribution is 2.33. The van der Waals surface area contributed by atoms with Crippen molar-refractivity contribution in [3.05, 3.63) is 6.33 Å². The number of aliphatic hydroxyl groups is 3. The third kappa shape index (κ3) is 4.02. The molecular formula is C19H30N6O4. The largest absolute Gasteiger partial charge is 0.394 e. The fourth-order valence-electron chi connectivity index (χ4n) is 4.03. The zero-order valence-corrected chi connectivity index (χ0v) is 16.7. The molecule has 4 rings (SSSR count). The number of rotatable bonds is 8. The molecule has 2 fully saturated rings. The Morgan fingerprint density at radius 2 is 2.00 bits per heavy atom. The second-order valence-corrected chi connectivity index (χ2v) is 7.85. The number of hydrogen-bond donors (Lipinski definition) is 5. The Kier molecular flexibility index (Phi) is 6.14. The maximum absolute atomic E-state index is 10.4. The van der Waals surface area contributed by atoms with Crippen molar-refractivity contribution < 1.29 is 20.1 Å². The Balaban J connectivity index is 1.69. The van der Waals surface area contributed by atoms with Crippen LogP contribution in [0.4, 0.5) is 11.8 Å². The molecule has 3 heterocycles. The average molecular weight is 406 g/mol. The summed E-state index contributed by atoms with van der Waals surface area (Å²) in [6.45, 7) is 2.50. The van der Waals surface area contributed by atoms with Crippen molar-refractivity contribution in [3.8, 4) is 0 Å². The lowest BCUT2D eigenvalue weighted by molar-refractivity contribution is -0.0511. The van der Waals surface area contributed by atoms with Crippen LogP contribution in [0.3, 0.4) is 0 Å². The van der Waals surface area contributed by atoms with Crippen molar-refractivity contribution in [1.82, 2.24) is 19.5 Å². The summed E-state index contributed by atoms with van der Waals surface area (Å²) >= 11 is 0. The highest BCUT2D eigenvalue weighted by Gasteiger charge is 2.44. The predicted octanol–water partition coefficient (Wildman–Crippen LogP) is 1.00. The Labute approximate surface area is 169 Å². The van der Waals surface area contributed by atoms with Crippen molar-refractivity contribution in [1.29, 1.82) is 0 Å². The SMILES string of the molecule is CCCCNc1nc(NC2CCCC2)c2ncn([C@@H]3O[C@H](CO)[C@@H](O)[C@H]3O)c2n1. The Morgan fingerprint density at radius 3 is 2.69 bits per heavy atom. The van der Waals surface area contributed by atoms with E-state index in [9.17, 15) is 15.3 Å². The van der Waals surface area contributed by atoms with Crippen LogP contribution in [0.15, 0.2) is 6.33 Å². The van der Waals surface area contributed by atoms with E-state index in [4.69, 9.17) is 4.74 Å². The topological polar surface area (TPSA) is 138 Å². The number of nitrogens with one attached hydrogen (secondary N) is 2. The minimum Gasteiger partial charge on any atom is -0.394 e. The Hall–Kier alpha value is -2.01. The molecule has 2 aliphatic rings. The molecule has 0 spiro atoms.